The predicted octanol–water partition coefficient (Wildman–Crippen LogP) is 0.752. The van der Waals surface area contributed by atoms with Crippen molar-refractivity contribution < 1.29 is 4.92 Å². The molecule has 1 heterocycles. The number of hydrogen-bond donors (Lipinski definition) is 1. The summed E-state index contributed by atoms with van der Waals surface area (Å²) in [4.78, 5) is 13.5. The van der Waals surface area contributed by atoms with Crippen LogP contribution in [0.4, 0.5) is 11.5 Å². The monoisotopic (exact) mass is 178 g/mol. The first-order valence-electron chi connectivity index (χ1n) is 3.38. The second-order valence-electron chi connectivity index (χ2n) is 2.39. The Hall–Kier alpha value is -2.16. The molecule has 0 bridgehead atoms. The molecule has 0 unspecified atom stereocenters. The highest BCUT2D eigenvalue weighted by Gasteiger charge is 2.14. The van der Waals surface area contributed by atoms with Crippen LogP contribution in [0.1, 0.15) is 11.3 Å². The number of nitrogen functional groups attached to an aromatic ring is 1. The van der Waals surface area contributed by atoms with Gasteiger partial charge >= 0.3 is 0 Å². The lowest BCUT2D eigenvalue weighted by Gasteiger charge is -1.99. The largest absolute Gasteiger partial charge is 0.383 e. The van der Waals surface area contributed by atoms with E-state index < -0.39 is 4.92 Å². The van der Waals surface area contributed by atoms with E-state index >= 15 is 0 Å². The molecule has 0 radical (unpaired) electrons. The molecule has 6 heteroatoms. The first kappa shape index (κ1) is 8.93. The Morgan fingerprint density at radius 1 is 1.77 bits per heavy atom. The minimum atomic E-state index is -0.595. The number of pyridine rings is 1. The lowest BCUT2D eigenvalue weighted by molar-refractivity contribution is -0.385. The van der Waals surface area contributed by atoms with Gasteiger partial charge < -0.3 is 5.73 Å². The third-order valence-corrected chi connectivity index (χ3v) is 1.53. The van der Waals surface area contributed by atoms with Crippen molar-refractivity contribution in [1.82, 2.24) is 4.98 Å². The Bertz CT molecular complexity index is 408. The van der Waals surface area contributed by atoms with Crippen LogP contribution in [0, 0.1) is 28.4 Å². The molecule has 0 atom stereocenters. The van der Waals surface area contributed by atoms with Gasteiger partial charge in [-0.1, -0.05) is 0 Å². The molecule has 1 rings (SSSR count). The maximum atomic E-state index is 10.4. The van der Waals surface area contributed by atoms with E-state index in [-0.39, 0.29) is 22.8 Å². The topological polar surface area (TPSA) is 106 Å². The van der Waals surface area contributed by atoms with Gasteiger partial charge in [-0.05, 0) is 6.92 Å². The number of nitrogens with zero attached hydrogens (tertiary/aromatic N) is 3. The molecule has 13 heavy (non-hydrogen) atoms. The molecule has 0 aliphatic rings. The molecular weight excluding hydrogens is 172 g/mol. The van der Waals surface area contributed by atoms with Crippen LogP contribution >= 0.6 is 0 Å². The van der Waals surface area contributed by atoms with E-state index in [9.17, 15) is 10.1 Å². The fourth-order valence-corrected chi connectivity index (χ4v) is 0.888. The number of nitro groups is 1. The number of aromatic nitrogens is 1. The summed E-state index contributed by atoms with van der Waals surface area (Å²) in [6.07, 6.45) is 0. The summed E-state index contributed by atoms with van der Waals surface area (Å²) in [6, 6.07) is 2.85. The van der Waals surface area contributed by atoms with Crippen molar-refractivity contribution in [2.45, 2.75) is 6.92 Å². The van der Waals surface area contributed by atoms with Gasteiger partial charge in [0, 0.05) is 6.07 Å². The molecule has 1 aromatic rings. The van der Waals surface area contributed by atoms with E-state index in [1.165, 1.54) is 6.92 Å². The maximum absolute atomic E-state index is 10.4. The van der Waals surface area contributed by atoms with Gasteiger partial charge in [0.25, 0.3) is 5.69 Å². The molecule has 66 valence electrons. The minimum Gasteiger partial charge on any atom is -0.383 e. The van der Waals surface area contributed by atoms with E-state index in [0.717, 1.165) is 6.07 Å². The average Bonchev–Trinajstić information content (AvgIpc) is 2.03. The molecule has 0 fully saturated rings. The molecule has 0 aromatic carbocycles. The second-order valence-corrected chi connectivity index (χ2v) is 2.39. The number of rotatable bonds is 1. The van der Waals surface area contributed by atoms with Crippen molar-refractivity contribution in [3.63, 3.8) is 0 Å². The van der Waals surface area contributed by atoms with Gasteiger partial charge in [-0.3, -0.25) is 10.1 Å². The number of nitrogens with two attached hydrogens (primary N) is 1. The van der Waals surface area contributed by atoms with Gasteiger partial charge in [-0.25, -0.2) is 4.98 Å². The molecule has 2 N–H and O–H groups in total. The van der Waals surface area contributed by atoms with Crippen molar-refractivity contribution >= 4 is 11.5 Å². The third-order valence-electron chi connectivity index (χ3n) is 1.53. The summed E-state index contributed by atoms with van der Waals surface area (Å²) in [6.45, 7) is 1.47. The van der Waals surface area contributed by atoms with E-state index in [4.69, 9.17) is 11.0 Å². The second kappa shape index (κ2) is 3.06. The zero-order valence-corrected chi connectivity index (χ0v) is 6.81. The molecule has 0 aliphatic carbocycles. The van der Waals surface area contributed by atoms with Crippen LogP contribution in [0.25, 0.3) is 0 Å². The standard InChI is InChI=1S/C7H6N4O2/c1-4-6(11(12)13)2-5(3-8)7(9)10-4/h2H,1H3,(H2,9,10). The summed E-state index contributed by atoms with van der Waals surface area (Å²) in [7, 11) is 0. The fourth-order valence-electron chi connectivity index (χ4n) is 0.888. The highest BCUT2D eigenvalue weighted by Crippen LogP contribution is 2.20. The number of aryl methyl sites for hydroxylation is 1. The summed E-state index contributed by atoms with van der Waals surface area (Å²) in [5.74, 6) is 0.0191. The highest BCUT2D eigenvalue weighted by atomic mass is 16.6. The Kier molecular flexibility index (Phi) is 2.11. The Morgan fingerprint density at radius 2 is 2.38 bits per heavy atom. The van der Waals surface area contributed by atoms with Crippen molar-refractivity contribution in [2.75, 3.05) is 5.73 Å². The molecule has 6 nitrogen and oxygen atoms in total. The van der Waals surface area contributed by atoms with Gasteiger partial charge in [-0.2, -0.15) is 5.26 Å². The zero-order chi connectivity index (χ0) is 10.0. The Labute approximate surface area is 73.8 Å². The van der Waals surface area contributed by atoms with E-state index in [1.54, 1.807) is 6.07 Å². The summed E-state index contributed by atoms with van der Waals surface area (Å²) in [5.41, 5.74) is 5.39. The third kappa shape index (κ3) is 1.54. The molecular formula is C7H6N4O2. The van der Waals surface area contributed by atoms with Crippen molar-refractivity contribution in [2.24, 2.45) is 0 Å². The predicted molar refractivity (Wildman–Crippen MR) is 44.8 cm³/mol. The van der Waals surface area contributed by atoms with Crippen molar-refractivity contribution in [3.05, 3.63) is 27.4 Å². The number of anilines is 1. The van der Waals surface area contributed by atoms with E-state index in [1.807, 2.05) is 0 Å². The lowest BCUT2D eigenvalue weighted by Crippen LogP contribution is -2.01. The van der Waals surface area contributed by atoms with Gasteiger partial charge in [0.1, 0.15) is 23.1 Å². The SMILES string of the molecule is Cc1nc(N)c(C#N)cc1[N+](=O)[O-]. The van der Waals surface area contributed by atoms with E-state index in [0.29, 0.717) is 0 Å². The number of hydrogen-bond acceptors (Lipinski definition) is 5. The van der Waals surface area contributed by atoms with Crippen LogP contribution in [0.2, 0.25) is 0 Å². The quantitative estimate of drug-likeness (QED) is 0.504. The molecule has 0 aliphatic heterocycles. The Balaban J connectivity index is 3.41. The maximum Gasteiger partial charge on any atom is 0.291 e. The fraction of sp³-hybridized carbons (Fsp3) is 0.143. The van der Waals surface area contributed by atoms with Gasteiger partial charge in [-0.15, -0.1) is 0 Å². The summed E-state index contributed by atoms with van der Waals surface area (Å²) >= 11 is 0. The highest BCUT2D eigenvalue weighted by molar-refractivity contribution is 5.55. The lowest BCUT2D eigenvalue weighted by atomic mass is 10.2. The van der Waals surface area contributed by atoms with Gasteiger partial charge in [0.2, 0.25) is 0 Å². The van der Waals surface area contributed by atoms with Crippen LogP contribution in [0.5, 0.6) is 0 Å². The van der Waals surface area contributed by atoms with Crippen LogP contribution in [0.15, 0.2) is 6.07 Å². The molecule has 0 saturated carbocycles. The first-order valence-corrected chi connectivity index (χ1v) is 3.38. The van der Waals surface area contributed by atoms with Crippen molar-refractivity contribution in [1.29, 1.82) is 5.26 Å². The van der Waals surface area contributed by atoms with Crippen LogP contribution in [0.3, 0.4) is 0 Å². The zero-order valence-electron chi connectivity index (χ0n) is 6.81. The van der Waals surface area contributed by atoms with Crippen LogP contribution < -0.4 is 5.73 Å². The molecule has 1 aromatic heterocycles. The number of nitriles is 1. The summed E-state index contributed by atoms with van der Waals surface area (Å²) in [5, 5.41) is 18.9. The van der Waals surface area contributed by atoms with Gasteiger partial charge in [0.15, 0.2) is 0 Å². The molecule has 0 amide bonds. The minimum absolute atomic E-state index is 0.0191. The molecule has 0 spiro atoms. The summed E-state index contributed by atoms with van der Waals surface area (Å²) < 4.78 is 0. The van der Waals surface area contributed by atoms with Crippen molar-refractivity contribution in [3.8, 4) is 6.07 Å². The van der Waals surface area contributed by atoms with E-state index in [2.05, 4.69) is 4.98 Å². The van der Waals surface area contributed by atoms with Crippen LogP contribution in [-0.4, -0.2) is 9.91 Å². The average molecular weight is 178 g/mol. The first-order chi connectivity index (χ1) is 6.06. The van der Waals surface area contributed by atoms with Gasteiger partial charge in [0.05, 0.1) is 4.92 Å². The smallest absolute Gasteiger partial charge is 0.291 e. The Morgan fingerprint density at radius 3 is 2.85 bits per heavy atom. The molecule has 0 saturated heterocycles. The van der Waals surface area contributed by atoms with Crippen LogP contribution in [-0.2, 0) is 0 Å². The normalized spacial score (nSPS) is 9.23.